The molecule has 0 aliphatic carbocycles. The van der Waals surface area contributed by atoms with Crippen molar-refractivity contribution in [2.75, 3.05) is 27.2 Å². The zero-order valence-electron chi connectivity index (χ0n) is 34.9. The highest BCUT2D eigenvalue weighted by Crippen LogP contribution is 2.39. The van der Waals surface area contributed by atoms with Crippen molar-refractivity contribution in [1.82, 2.24) is 29.8 Å². The van der Waals surface area contributed by atoms with Gasteiger partial charge in [-0.2, -0.15) is 0 Å². The molecule has 16 nitrogen and oxygen atoms in total. The summed E-state index contributed by atoms with van der Waals surface area (Å²) < 4.78 is 49.0. The van der Waals surface area contributed by atoms with E-state index in [0.717, 1.165) is 11.9 Å². The van der Waals surface area contributed by atoms with Crippen LogP contribution < -0.4 is 5.73 Å². The summed E-state index contributed by atoms with van der Waals surface area (Å²) in [4.78, 5) is 49.7. The predicted molar refractivity (Wildman–Crippen MR) is 209 cm³/mol. The number of halogens is 1. The second-order valence-corrected chi connectivity index (χ2v) is 17.5. The normalized spacial score (nSPS) is 39.0. The first kappa shape index (κ1) is 45.0. The number of methoxy groups -OCH3 is 1. The molecule has 57 heavy (non-hydrogen) atoms. The van der Waals surface area contributed by atoms with Gasteiger partial charge in [-0.25, -0.2) is 19.0 Å². The van der Waals surface area contributed by atoms with Crippen LogP contribution in [0.1, 0.15) is 81.1 Å². The number of carbonyl (C=O) groups excluding carboxylic acids is 3. The number of aryl methyl sites for hydroxylation is 1. The molecule has 0 aromatic carbocycles. The zero-order chi connectivity index (χ0) is 42.0. The number of fused-ring (bicyclic) bond motifs is 1. The second-order valence-electron chi connectivity index (χ2n) is 16.7. The number of likely N-dealkylation sites (N-methyl/N-ethyl adjacent to an activating group) is 1. The molecule has 0 spiro atoms. The number of thiazole rings is 1. The van der Waals surface area contributed by atoms with Gasteiger partial charge in [-0.05, 0) is 72.3 Å². The van der Waals surface area contributed by atoms with E-state index in [0.29, 0.717) is 44.6 Å². The van der Waals surface area contributed by atoms with Gasteiger partial charge in [0.05, 0.1) is 30.0 Å². The van der Waals surface area contributed by atoms with Crippen LogP contribution in [-0.2, 0) is 39.8 Å². The number of amides is 1. The summed E-state index contributed by atoms with van der Waals surface area (Å²) in [7, 11) is 3.44. The molecule has 0 saturated carbocycles. The third-order valence-corrected chi connectivity index (χ3v) is 13.2. The predicted octanol–water partition coefficient (Wildman–Crippen LogP) is 3.85. The molecule has 0 bridgehead atoms. The average molecular weight is 824 g/mol. The number of aliphatic hydroxyl groups excluding tert-OH is 1. The summed E-state index contributed by atoms with van der Waals surface area (Å²) in [6, 6.07) is -1.58. The number of carbonyl (C=O) groups is 3. The van der Waals surface area contributed by atoms with Gasteiger partial charge in [-0.15, -0.1) is 16.4 Å². The van der Waals surface area contributed by atoms with E-state index in [4.69, 9.17) is 29.4 Å². The Kier molecular flexibility index (Phi) is 14.5. The number of aliphatic hydroxyl groups is 1. The SMILES string of the molecule is CC[C@H]1OC(=O)[C@](C)(F)C(=O)[C@@H](C)[C@@H](O[C@@H]2OC(C)[C@H](C)C(N)C2O)[C@](C)(OC)C[C@@H](C)CN(C)[C@H](C)[C@@H]2[C@@H]1OC(=O)N2CCCCn1cc(-c2nccs2)nn1. The van der Waals surface area contributed by atoms with Crippen molar-refractivity contribution < 1.29 is 47.6 Å². The Morgan fingerprint density at radius 2 is 1.81 bits per heavy atom. The van der Waals surface area contributed by atoms with Crippen LogP contribution in [0.5, 0.6) is 0 Å². The van der Waals surface area contributed by atoms with Crippen LogP contribution in [0.3, 0.4) is 0 Å². The number of ketones is 1. The van der Waals surface area contributed by atoms with E-state index < -0.39 is 77.8 Å². The van der Waals surface area contributed by atoms with Crippen LogP contribution in [0.2, 0.25) is 0 Å². The van der Waals surface area contributed by atoms with Gasteiger partial charge in [-0.3, -0.25) is 14.4 Å². The van der Waals surface area contributed by atoms with Gasteiger partial charge in [0.25, 0.3) is 5.67 Å². The fourth-order valence-electron chi connectivity index (χ4n) is 8.59. The highest BCUT2D eigenvalue weighted by Gasteiger charge is 2.56. The van der Waals surface area contributed by atoms with E-state index in [1.54, 1.807) is 29.6 Å². The topological polar surface area (TPSA) is 194 Å². The molecule has 3 unspecified atom stereocenters. The lowest BCUT2D eigenvalue weighted by atomic mass is 9.77. The molecule has 0 radical (unpaired) electrons. The van der Waals surface area contributed by atoms with Crippen molar-refractivity contribution in [1.29, 1.82) is 0 Å². The Hall–Kier alpha value is -3.13. The van der Waals surface area contributed by atoms with Gasteiger partial charge in [0, 0.05) is 56.3 Å². The quantitative estimate of drug-likeness (QED) is 0.199. The van der Waals surface area contributed by atoms with Gasteiger partial charge in [0.2, 0.25) is 0 Å². The Labute approximate surface area is 338 Å². The van der Waals surface area contributed by atoms with E-state index in [9.17, 15) is 19.5 Å². The molecule has 3 aliphatic rings. The highest BCUT2D eigenvalue weighted by atomic mass is 32.1. The first-order valence-corrected chi connectivity index (χ1v) is 20.9. The number of rotatable bonds is 10. The molecule has 3 fully saturated rings. The highest BCUT2D eigenvalue weighted by molar-refractivity contribution is 7.13. The van der Waals surface area contributed by atoms with Crippen LogP contribution in [0, 0.1) is 17.8 Å². The minimum absolute atomic E-state index is 0.0992. The number of Topliss-reactive ketones (excluding diaryl/α,β-unsaturated/α-hetero) is 1. The van der Waals surface area contributed by atoms with Crippen molar-refractivity contribution in [3.8, 4) is 10.7 Å². The van der Waals surface area contributed by atoms with E-state index >= 15 is 4.39 Å². The first-order chi connectivity index (χ1) is 26.8. The lowest BCUT2D eigenvalue weighted by Gasteiger charge is -2.47. The zero-order valence-corrected chi connectivity index (χ0v) is 35.7. The molecule has 3 N–H and O–H groups in total. The summed E-state index contributed by atoms with van der Waals surface area (Å²) in [5.74, 6) is -4.06. The van der Waals surface area contributed by atoms with Crippen molar-refractivity contribution in [2.24, 2.45) is 23.5 Å². The number of hydrogen-bond donors (Lipinski definition) is 2. The number of cyclic esters (lactones) is 1. The van der Waals surface area contributed by atoms with Gasteiger partial charge in [0.15, 0.2) is 18.2 Å². The summed E-state index contributed by atoms with van der Waals surface area (Å²) in [6.07, 6.45) is -1.26. The summed E-state index contributed by atoms with van der Waals surface area (Å²) in [6.45, 7) is 15.0. The molecular weight excluding hydrogens is 762 g/mol. The van der Waals surface area contributed by atoms with Gasteiger partial charge >= 0.3 is 12.1 Å². The number of unbranched alkanes of at least 4 members (excludes halogenated alkanes) is 1. The number of nitrogens with zero attached hydrogens (tertiary/aromatic N) is 6. The number of hydrogen-bond acceptors (Lipinski definition) is 15. The molecule has 2 aromatic heterocycles. The van der Waals surface area contributed by atoms with Gasteiger partial charge < -0.3 is 39.4 Å². The van der Waals surface area contributed by atoms with Crippen LogP contribution in [0.25, 0.3) is 10.7 Å². The number of alkyl halides is 1. The molecular formula is C39H62FN7O9S. The molecule has 1 amide bonds. The van der Waals surface area contributed by atoms with Crippen LogP contribution >= 0.6 is 11.3 Å². The Morgan fingerprint density at radius 1 is 1.11 bits per heavy atom. The van der Waals surface area contributed by atoms with Crippen molar-refractivity contribution in [3.05, 3.63) is 17.8 Å². The van der Waals surface area contributed by atoms with Crippen LogP contribution in [-0.4, -0.2) is 146 Å². The Morgan fingerprint density at radius 3 is 2.46 bits per heavy atom. The Balaban J connectivity index is 1.41. The Bertz CT molecular complexity index is 1670. The summed E-state index contributed by atoms with van der Waals surface area (Å²) >= 11 is 1.48. The molecule has 3 aliphatic heterocycles. The maximum absolute atomic E-state index is 16.8. The standard InChI is InChI=1S/C39H62FN7O9S/c1-11-27-31-29(47(37(51)55-31)16-13-12-15-46-20-26(43-44-46)34-42-14-17-57-34)24(5)45(9)19-21(2)18-38(7,52-10)33(23(4)32(49)39(8,40)36(50)54-27)56-35-30(48)28(41)22(3)25(6)53-35/h14,17,20-25,27-31,33,35,48H,11-13,15-16,18-19,41H2,1-10H3/t21-,22+,23-,24-,25?,27-,28?,29-,30?,31-,33-,35+,38-,39-/m1/s1. The summed E-state index contributed by atoms with van der Waals surface area (Å²) in [5, 5.41) is 22.2. The number of nitrogens with two attached hydrogens (primary N) is 1. The minimum Gasteiger partial charge on any atom is -0.456 e. The van der Waals surface area contributed by atoms with E-state index in [1.807, 2.05) is 46.3 Å². The number of esters is 1. The first-order valence-electron chi connectivity index (χ1n) is 20.1. The van der Waals surface area contributed by atoms with E-state index in [1.165, 1.54) is 25.4 Å². The van der Waals surface area contributed by atoms with E-state index in [2.05, 4.69) is 20.2 Å². The molecule has 5 heterocycles. The van der Waals surface area contributed by atoms with Gasteiger partial charge in [0.1, 0.15) is 22.9 Å². The maximum atomic E-state index is 16.8. The molecule has 2 aromatic rings. The number of aromatic nitrogens is 4. The van der Waals surface area contributed by atoms with Crippen molar-refractivity contribution >= 4 is 29.2 Å². The smallest absolute Gasteiger partial charge is 0.410 e. The largest absolute Gasteiger partial charge is 0.456 e. The molecule has 5 rings (SSSR count). The monoisotopic (exact) mass is 823 g/mol. The van der Waals surface area contributed by atoms with Crippen molar-refractivity contribution in [3.63, 3.8) is 0 Å². The minimum atomic E-state index is -3.12. The average Bonchev–Trinajstić information content (AvgIpc) is 3.95. The lowest BCUT2D eigenvalue weighted by Crippen LogP contribution is -2.61. The second kappa shape index (κ2) is 18.4. The van der Waals surface area contributed by atoms with Gasteiger partial charge in [-0.1, -0.05) is 32.9 Å². The van der Waals surface area contributed by atoms with Crippen LogP contribution in [0.15, 0.2) is 17.8 Å². The lowest BCUT2D eigenvalue weighted by molar-refractivity contribution is -0.297. The molecule has 18 heteroatoms. The molecule has 3 saturated heterocycles. The van der Waals surface area contributed by atoms with E-state index in [-0.39, 0.29) is 30.4 Å². The third kappa shape index (κ3) is 9.52. The maximum Gasteiger partial charge on any atom is 0.410 e. The molecule has 320 valence electrons. The fourth-order valence-corrected chi connectivity index (χ4v) is 9.18. The van der Waals surface area contributed by atoms with Crippen LogP contribution in [0.4, 0.5) is 9.18 Å². The number of ether oxygens (including phenoxy) is 5. The fraction of sp³-hybridized carbons (Fsp3) is 0.795. The third-order valence-electron chi connectivity index (χ3n) is 12.4. The summed E-state index contributed by atoms with van der Waals surface area (Å²) in [5.41, 5.74) is 2.68. The molecule has 14 atom stereocenters. The van der Waals surface area contributed by atoms with Crippen molar-refractivity contribution in [2.45, 2.75) is 154 Å².